The van der Waals surface area contributed by atoms with Crippen molar-refractivity contribution in [2.45, 2.75) is 38.6 Å². The summed E-state index contributed by atoms with van der Waals surface area (Å²) < 4.78 is 49.1. The second kappa shape index (κ2) is 8.68. The van der Waals surface area contributed by atoms with Gasteiger partial charge in [0.1, 0.15) is 0 Å². The molecule has 1 N–H and O–H groups in total. The topological polar surface area (TPSA) is 64.6 Å². The zero-order valence-electron chi connectivity index (χ0n) is 13.6. The molecule has 1 aromatic carbocycles. The van der Waals surface area contributed by atoms with Crippen molar-refractivity contribution in [3.63, 3.8) is 0 Å². The molecule has 1 amide bonds. The second-order valence-corrected chi connectivity index (χ2v) is 5.28. The molecule has 5 nitrogen and oxygen atoms in total. The van der Waals surface area contributed by atoms with Crippen molar-refractivity contribution in [2.24, 2.45) is 0 Å². The first-order chi connectivity index (χ1) is 11.2. The zero-order chi connectivity index (χ0) is 18.3. The largest absolute Gasteiger partial charge is 0.467 e. The number of hydrogen-bond donors (Lipinski definition) is 1. The molecule has 0 heterocycles. The molecule has 0 bridgehead atoms. The Bertz CT molecular complexity index is 573. The number of esters is 1. The summed E-state index contributed by atoms with van der Waals surface area (Å²) in [5.74, 6) is -1.59. The van der Waals surface area contributed by atoms with Crippen LogP contribution in [-0.4, -0.2) is 31.7 Å². The molecule has 0 aliphatic heterocycles. The van der Waals surface area contributed by atoms with Gasteiger partial charge in [-0.05, 0) is 25.5 Å². The molecule has 0 radical (unpaired) electrons. The highest BCUT2D eigenvalue weighted by atomic mass is 19.4. The minimum absolute atomic E-state index is 0.0832. The summed E-state index contributed by atoms with van der Waals surface area (Å²) in [6.07, 6.45) is -4.83. The number of carbonyl (C=O) groups is 2. The SMILES string of the molecule is COC(=O)C(NC(=O)CCOC(C)C)c1ccccc1C(F)(F)F. The molecule has 0 aliphatic carbocycles. The molecule has 0 saturated carbocycles. The number of amides is 1. The maximum atomic E-state index is 13.1. The van der Waals surface area contributed by atoms with Gasteiger partial charge in [0, 0.05) is 0 Å². The molecule has 24 heavy (non-hydrogen) atoms. The van der Waals surface area contributed by atoms with Crippen LogP contribution in [0.5, 0.6) is 0 Å². The Morgan fingerprint density at radius 2 is 1.83 bits per heavy atom. The van der Waals surface area contributed by atoms with Crippen LogP contribution in [0.25, 0.3) is 0 Å². The number of methoxy groups -OCH3 is 1. The van der Waals surface area contributed by atoms with Gasteiger partial charge in [-0.25, -0.2) is 4.79 Å². The molecule has 0 aliphatic rings. The number of alkyl halides is 3. The van der Waals surface area contributed by atoms with E-state index in [1.54, 1.807) is 13.8 Å². The van der Waals surface area contributed by atoms with E-state index in [4.69, 9.17) is 4.74 Å². The van der Waals surface area contributed by atoms with E-state index in [2.05, 4.69) is 10.1 Å². The molecule has 1 aromatic rings. The van der Waals surface area contributed by atoms with Gasteiger partial charge in [-0.2, -0.15) is 13.2 Å². The van der Waals surface area contributed by atoms with E-state index in [1.165, 1.54) is 12.1 Å². The number of hydrogen-bond acceptors (Lipinski definition) is 4. The summed E-state index contributed by atoms with van der Waals surface area (Å²) in [6.45, 7) is 3.67. The molecule has 0 spiro atoms. The van der Waals surface area contributed by atoms with Crippen molar-refractivity contribution < 1.29 is 32.2 Å². The highest BCUT2D eigenvalue weighted by Gasteiger charge is 2.37. The van der Waals surface area contributed by atoms with E-state index in [0.717, 1.165) is 19.2 Å². The first-order valence-electron chi connectivity index (χ1n) is 7.31. The third-order valence-corrected chi connectivity index (χ3v) is 3.10. The van der Waals surface area contributed by atoms with Crippen LogP contribution >= 0.6 is 0 Å². The average Bonchev–Trinajstić information content (AvgIpc) is 2.50. The third kappa shape index (κ3) is 5.84. The first kappa shape index (κ1) is 20.0. The van der Waals surface area contributed by atoms with Crippen molar-refractivity contribution in [2.75, 3.05) is 13.7 Å². The first-order valence-corrected chi connectivity index (χ1v) is 7.31. The van der Waals surface area contributed by atoms with Gasteiger partial charge in [-0.1, -0.05) is 18.2 Å². The van der Waals surface area contributed by atoms with Crippen LogP contribution in [0.3, 0.4) is 0 Å². The van der Waals surface area contributed by atoms with Crippen molar-refractivity contribution in [3.05, 3.63) is 35.4 Å². The summed E-state index contributed by atoms with van der Waals surface area (Å²) >= 11 is 0. The van der Waals surface area contributed by atoms with E-state index in [1.807, 2.05) is 0 Å². The Labute approximate surface area is 138 Å². The van der Waals surface area contributed by atoms with Crippen LogP contribution in [0.2, 0.25) is 0 Å². The van der Waals surface area contributed by atoms with Gasteiger partial charge >= 0.3 is 12.1 Å². The van der Waals surface area contributed by atoms with Crippen LogP contribution in [0.15, 0.2) is 24.3 Å². The molecule has 134 valence electrons. The van der Waals surface area contributed by atoms with Crippen LogP contribution in [0, 0.1) is 0 Å². The van der Waals surface area contributed by atoms with Crippen molar-refractivity contribution in [1.82, 2.24) is 5.32 Å². The van der Waals surface area contributed by atoms with Gasteiger partial charge in [0.15, 0.2) is 6.04 Å². The number of benzene rings is 1. The average molecular weight is 347 g/mol. The lowest BCUT2D eigenvalue weighted by molar-refractivity contribution is -0.147. The summed E-state index contributed by atoms with van der Waals surface area (Å²) in [5, 5.41) is 2.28. The summed E-state index contributed by atoms with van der Waals surface area (Å²) in [6, 6.07) is 3.00. The Kier molecular flexibility index (Phi) is 7.21. The Morgan fingerprint density at radius 1 is 1.21 bits per heavy atom. The molecular weight excluding hydrogens is 327 g/mol. The highest BCUT2D eigenvalue weighted by Crippen LogP contribution is 2.34. The predicted molar refractivity (Wildman–Crippen MR) is 80.0 cm³/mol. The van der Waals surface area contributed by atoms with Gasteiger partial charge in [0.25, 0.3) is 0 Å². The summed E-state index contributed by atoms with van der Waals surface area (Å²) in [7, 11) is 1.04. The minimum atomic E-state index is -4.66. The smallest absolute Gasteiger partial charge is 0.416 e. The molecule has 0 aromatic heterocycles. The van der Waals surface area contributed by atoms with Gasteiger partial charge in [-0.3, -0.25) is 4.79 Å². The predicted octanol–water partition coefficient (Wildman–Crippen LogP) is 2.85. The zero-order valence-corrected chi connectivity index (χ0v) is 13.6. The fraction of sp³-hybridized carbons (Fsp3) is 0.500. The number of nitrogens with one attached hydrogen (secondary N) is 1. The molecule has 0 saturated heterocycles. The lowest BCUT2D eigenvalue weighted by Gasteiger charge is -2.21. The lowest BCUT2D eigenvalue weighted by Crippen LogP contribution is -2.36. The Morgan fingerprint density at radius 3 is 2.38 bits per heavy atom. The van der Waals surface area contributed by atoms with E-state index < -0.39 is 29.7 Å². The van der Waals surface area contributed by atoms with Crippen LogP contribution in [0.1, 0.15) is 37.4 Å². The van der Waals surface area contributed by atoms with E-state index >= 15 is 0 Å². The summed E-state index contributed by atoms with van der Waals surface area (Å²) in [4.78, 5) is 23.8. The lowest BCUT2D eigenvalue weighted by atomic mass is 9.99. The van der Waals surface area contributed by atoms with Gasteiger partial charge in [0.05, 0.1) is 31.8 Å². The second-order valence-electron chi connectivity index (χ2n) is 5.28. The van der Waals surface area contributed by atoms with E-state index in [-0.39, 0.29) is 24.7 Å². The van der Waals surface area contributed by atoms with Gasteiger partial charge < -0.3 is 14.8 Å². The normalized spacial score (nSPS) is 12.8. The van der Waals surface area contributed by atoms with Gasteiger partial charge in [0.2, 0.25) is 5.91 Å². The van der Waals surface area contributed by atoms with Crippen LogP contribution in [0.4, 0.5) is 13.2 Å². The molecule has 0 fully saturated rings. The number of rotatable bonds is 7. The molecule has 1 atom stereocenters. The molecule has 8 heteroatoms. The third-order valence-electron chi connectivity index (χ3n) is 3.10. The molecular formula is C16H20F3NO4. The standard InChI is InChI=1S/C16H20F3NO4/c1-10(2)24-9-8-13(21)20-14(15(22)23-3)11-6-4-5-7-12(11)16(17,18)19/h4-7,10,14H,8-9H2,1-3H3,(H,20,21). The fourth-order valence-corrected chi connectivity index (χ4v) is 2.01. The minimum Gasteiger partial charge on any atom is -0.467 e. The van der Waals surface area contributed by atoms with Gasteiger partial charge in [-0.15, -0.1) is 0 Å². The van der Waals surface area contributed by atoms with E-state index in [9.17, 15) is 22.8 Å². The van der Waals surface area contributed by atoms with Crippen molar-refractivity contribution in [3.8, 4) is 0 Å². The molecule has 1 unspecified atom stereocenters. The number of carbonyl (C=O) groups excluding carboxylic acids is 2. The monoisotopic (exact) mass is 347 g/mol. The molecule has 1 rings (SSSR count). The Hall–Kier alpha value is -2.09. The van der Waals surface area contributed by atoms with Crippen LogP contribution in [-0.2, 0) is 25.2 Å². The maximum absolute atomic E-state index is 13.1. The number of ether oxygens (including phenoxy) is 2. The fourth-order valence-electron chi connectivity index (χ4n) is 2.01. The maximum Gasteiger partial charge on any atom is 0.416 e. The van der Waals surface area contributed by atoms with Crippen LogP contribution < -0.4 is 5.32 Å². The Balaban J connectivity index is 2.99. The van der Waals surface area contributed by atoms with Crippen molar-refractivity contribution in [1.29, 1.82) is 0 Å². The highest BCUT2D eigenvalue weighted by molar-refractivity contribution is 5.85. The quantitative estimate of drug-likeness (QED) is 0.771. The summed E-state index contributed by atoms with van der Waals surface area (Å²) in [5.41, 5.74) is -1.37. The number of halogens is 3. The van der Waals surface area contributed by atoms with Crippen molar-refractivity contribution >= 4 is 11.9 Å². The van der Waals surface area contributed by atoms with E-state index in [0.29, 0.717) is 0 Å².